The Balaban J connectivity index is 0.00000360. The van der Waals surface area contributed by atoms with E-state index >= 15 is 0 Å². The Bertz CT molecular complexity index is 2700. The molecule has 66 heavy (non-hydrogen) atoms. The second kappa shape index (κ2) is 22.2. The normalized spacial score (nSPS) is 11.6. The van der Waals surface area contributed by atoms with Crippen molar-refractivity contribution in [2.24, 2.45) is 23.7 Å². The van der Waals surface area contributed by atoms with Crippen molar-refractivity contribution in [3.63, 3.8) is 0 Å². The van der Waals surface area contributed by atoms with Crippen LogP contribution in [-0.4, -0.2) is 24.5 Å². The van der Waals surface area contributed by atoms with E-state index in [1.54, 1.807) is 0 Å². The third-order valence-corrected chi connectivity index (χ3v) is 11.2. The van der Waals surface area contributed by atoms with Crippen molar-refractivity contribution in [3.05, 3.63) is 150 Å². The summed E-state index contributed by atoms with van der Waals surface area (Å²) in [7, 11) is 0. The molecule has 0 spiro atoms. The van der Waals surface area contributed by atoms with Gasteiger partial charge < -0.3 is 24.0 Å². The minimum absolute atomic E-state index is 0. The number of hydrogen-bond donors (Lipinski definition) is 0. The quantitative estimate of drug-likeness (QED) is 0.0898. The maximum Gasteiger partial charge on any atom is 2.00 e. The number of hydrogen-bond acceptors (Lipinski definition) is 6. The maximum absolute atomic E-state index is 7.08. The zero-order chi connectivity index (χ0) is 45.1. The van der Waals surface area contributed by atoms with Gasteiger partial charge in [-0.05, 0) is 35.0 Å². The molecule has 0 aliphatic carbocycles. The molecule has 7 nitrogen and oxygen atoms in total. The fourth-order valence-corrected chi connectivity index (χ4v) is 8.25. The van der Waals surface area contributed by atoms with Crippen LogP contribution in [0.25, 0.3) is 50.3 Å². The van der Waals surface area contributed by atoms with E-state index in [9.17, 15) is 0 Å². The Morgan fingerprint density at radius 1 is 0.470 bits per heavy atom. The van der Waals surface area contributed by atoms with E-state index < -0.39 is 0 Å². The molecule has 9 heteroatoms. The molecule has 0 bridgehead atoms. The molecule has 4 aromatic heterocycles. The number of benzene rings is 4. The van der Waals surface area contributed by atoms with E-state index in [0.29, 0.717) is 52.6 Å². The average molecular weight is 1240 g/mol. The zero-order valence-corrected chi connectivity index (χ0v) is 44.2. The first-order chi connectivity index (χ1) is 30.8. The van der Waals surface area contributed by atoms with Crippen molar-refractivity contribution >= 4 is 21.8 Å². The van der Waals surface area contributed by atoms with Crippen molar-refractivity contribution in [3.8, 4) is 51.5 Å². The van der Waals surface area contributed by atoms with Gasteiger partial charge in [0.2, 0.25) is 5.95 Å². The van der Waals surface area contributed by atoms with Crippen LogP contribution in [0.15, 0.2) is 97.6 Å². The molecular weight excluding hydrogens is 1180 g/mol. The van der Waals surface area contributed by atoms with Crippen molar-refractivity contribution < 1.29 is 51.6 Å². The van der Waals surface area contributed by atoms with Crippen molar-refractivity contribution in [2.45, 2.75) is 101 Å². The van der Waals surface area contributed by atoms with Crippen LogP contribution in [0.4, 0.5) is 0 Å². The Morgan fingerprint density at radius 3 is 1.23 bits per heavy atom. The molecule has 4 aromatic carbocycles. The number of fused-ring (bicyclic) bond motifs is 3. The van der Waals surface area contributed by atoms with Gasteiger partial charge in [0.05, 0.1) is 0 Å². The summed E-state index contributed by atoms with van der Waals surface area (Å²) in [4.78, 5) is 19.3. The largest absolute Gasteiger partial charge is 2.00 e. The number of nitrogens with zero attached hydrogens (tertiary/aromatic N) is 5. The van der Waals surface area contributed by atoms with E-state index in [1.165, 1.54) is 0 Å². The van der Waals surface area contributed by atoms with Gasteiger partial charge in [-0.1, -0.05) is 177 Å². The summed E-state index contributed by atoms with van der Waals surface area (Å²) in [5, 5.41) is 2.06. The third kappa shape index (κ3) is 11.6. The van der Waals surface area contributed by atoms with Gasteiger partial charge in [-0.15, -0.1) is 58.7 Å². The van der Waals surface area contributed by atoms with E-state index in [4.69, 9.17) is 19.4 Å². The molecule has 0 aliphatic rings. The predicted molar refractivity (Wildman–Crippen MR) is 259 cm³/mol. The van der Waals surface area contributed by atoms with Gasteiger partial charge in [-0.2, -0.15) is 22.9 Å². The molecule has 0 amide bonds. The monoisotopic (exact) mass is 1240 g/mol. The summed E-state index contributed by atoms with van der Waals surface area (Å²) >= 11 is 0. The number of aromatic nitrogens is 5. The number of pyridine rings is 2. The van der Waals surface area contributed by atoms with Crippen LogP contribution in [0.5, 0.6) is 23.0 Å². The second-order valence-electron chi connectivity index (χ2n) is 19.1. The van der Waals surface area contributed by atoms with Gasteiger partial charge >= 0.3 is 42.1 Å². The SMILES string of the molecule is CC(C)Cc1ccc(-c2ccccn2)[c-]c1Oc1[c-]c2c(cc1CC(C)C)c1cc(CC(C)C)c(Oc3[c-]c(-c4ccccn4)ccc3CC(C)C)[c-]c1n2-c1ncc(C(C)C)cn1.[Pt+2].[Pt+2]. The van der Waals surface area contributed by atoms with E-state index in [2.05, 4.69) is 144 Å². The Kier molecular flexibility index (Phi) is 17.0. The van der Waals surface area contributed by atoms with Gasteiger partial charge in [0.25, 0.3) is 0 Å². The van der Waals surface area contributed by atoms with Crippen molar-refractivity contribution in [1.82, 2.24) is 24.5 Å². The molecule has 8 aromatic rings. The summed E-state index contributed by atoms with van der Waals surface area (Å²) in [6.45, 7) is 22.2. The molecular formula is C57H59N5O2Pt2. The average Bonchev–Trinajstić information content (AvgIpc) is 3.56. The van der Waals surface area contributed by atoms with Crippen LogP contribution in [0.2, 0.25) is 0 Å². The number of ether oxygens (including phenoxy) is 2. The topological polar surface area (TPSA) is 75.0 Å². The van der Waals surface area contributed by atoms with Gasteiger partial charge in [-0.25, -0.2) is 9.97 Å². The molecule has 0 fully saturated rings. The predicted octanol–water partition coefficient (Wildman–Crippen LogP) is 14.4. The van der Waals surface area contributed by atoms with Crippen LogP contribution in [0.3, 0.4) is 0 Å². The van der Waals surface area contributed by atoms with Crippen LogP contribution < -0.4 is 9.47 Å². The maximum atomic E-state index is 7.08. The van der Waals surface area contributed by atoms with Crippen molar-refractivity contribution in [1.29, 1.82) is 0 Å². The summed E-state index contributed by atoms with van der Waals surface area (Å²) in [6.07, 6.45) is 10.7. The first-order valence-corrected chi connectivity index (χ1v) is 22.9. The van der Waals surface area contributed by atoms with Gasteiger partial charge in [0.1, 0.15) is 0 Å². The second-order valence-corrected chi connectivity index (χ2v) is 19.1. The Hall–Kier alpha value is -4.96. The first kappa shape index (κ1) is 50.4. The molecule has 0 saturated carbocycles. The molecule has 0 N–H and O–H groups in total. The van der Waals surface area contributed by atoms with Gasteiger partial charge in [0.15, 0.2) is 0 Å². The molecule has 0 radical (unpaired) electrons. The molecule has 0 saturated heterocycles. The molecule has 344 valence electrons. The summed E-state index contributed by atoms with van der Waals surface area (Å²) < 4.78 is 16.2. The van der Waals surface area contributed by atoms with E-state index in [1.807, 2.05) is 61.2 Å². The van der Waals surface area contributed by atoms with E-state index in [-0.39, 0.29) is 48.0 Å². The van der Waals surface area contributed by atoms with Crippen LogP contribution in [0.1, 0.15) is 103 Å². The van der Waals surface area contributed by atoms with E-state index in [0.717, 1.165) is 97.8 Å². The van der Waals surface area contributed by atoms with Gasteiger partial charge in [0, 0.05) is 47.8 Å². The Labute approximate surface area is 420 Å². The van der Waals surface area contributed by atoms with Crippen LogP contribution in [0, 0.1) is 47.9 Å². The zero-order valence-electron chi connectivity index (χ0n) is 39.6. The van der Waals surface area contributed by atoms with Crippen LogP contribution >= 0.6 is 0 Å². The third-order valence-electron chi connectivity index (χ3n) is 11.2. The molecule has 4 heterocycles. The van der Waals surface area contributed by atoms with Crippen LogP contribution in [-0.2, 0) is 67.8 Å². The fraction of sp³-hybridized carbons (Fsp3) is 0.333. The smallest absolute Gasteiger partial charge is 0.502 e. The molecule has 8 rings (SSSR count). The molecule has 0 unspecified atom stereocenters. The fourth-order valence-electron chi connectivity index (χ4n) is 8.25. The standard InChI is InChI=1S/C57H59N5O2.2Pt/c1-35(2)23-42-19-17-40(49-15-11-13-21-58-49)29-53(42)63-55-31-51-47(27-44(55)25-37(5)6)48-28-45(26-38(7)8)56(32-52(48)62(51)57-60-33-46(34-61-57)39(9)10)64-54-30-41(50-16-12-14-22-59-50)18-20-43(54)24-36(3)4;;/h11-22,27-28,33-39H,23-26H2,1-10H3;;/q-4;2*+2. The van der Waals surface area contributed by atoms with Crippen molar-refractivity contribution in [2.75, 3.05) is 0 Å². The minimum Gasteiger partial charge on any atom is -0.502 e. The molecule has 0 atom stereocenters. The minimum atomic E-state index is 0. The summed E-state index contributed by atoms with van der Waals surface area (Å²) in [6, 6.07) is 39.8. The molecule has 0 aliphatic heterocycles. The number of rotatable bonds is 16. The summed E-state index contributed by atoms with van der Waals surface area (Å²) in [5.41, 5.74) is 10.4. The first-order valence-electron chi connectivity index (χ1n) is 22.9. The summed E-state index contributed by atoms with van der Waals surface area (Å²) in [5.74, 6) is 5.01. The van der Waals surface area contributed by atoms with Gasteiger partial charge in [-0.3, -0.25) is 0 Å². The Morgan fingerprint density at radius 2 is 0.864 bits per heavy atom.